The van der Waals surface area contributed by atoms with Crippen LogP contribution in [0.3, 0.4) is 0 Å². The second-order valence-electron chi connectivity index (χ2n) is 3.84. The number of hydrogen-bond donors (Lipinski definition) is 2. The van der Waals surface area contributed by atoms with E-state index in [-0.39, 0.29) is 11.6 Å². The molecule has 0 saturated carbocycles. The lowest BCUT2D eigenvalue weighted by atomic mass is 10.0. The lowest BCUT2D eigenvalue weighted by molar-refractivity contribution is 0.497. The average molecular weight is 183 g/mol. The van der Waals surface area contributed by atoms with Crippen molar-refractivity contribution in [2.75, 3.05) is 0 Å². The maximum atomic E-state index is 11.1. The molecular weight excluding hydrogens is 166 g/mol. The minimum atomic E-state index is -0.0612. The Morgan fingerprint density at radius 1 is 1.62 bits per heavy atom. The quantitative estimate of drug-likeness (QED) is 0.726. The minimum absolute atomic E-state index is 0.0331. The van der Waals surface area contributed by atoms with Crippen molar-refractivity contribution in [2.24, 2.45) is 18.7 Å². The van der Waals surface area contributed by atoms with E-state index < -0.39 is 0 Å². The second kappa shape index (κ2) is 3.79. The summed E-state index contributed by atoms with van der Waals surface area (Å²) in [5.41, 5.74) is 6.68. The molecule has 0 aliphatic heterocycles. The Hall–Kier alpha value is -1.03. The molecule has 1 heterocycles. The van der Waals surface area contributed by atoms with E-state index in [0.29, 0.717) is 5.92 Å². The van der Waals surface area contributed by atoms with Crippen molar-refractivity contribution in [1.82, 2.24) is 9.78 Å². The zero-order valence-corrected chi connectivity index (χ0v) is 8.37. The zero-order chi connectivity index (χ0) is 10.0. The summed E-state index contributed by atoms with van der Waals surface area (Å²) in [5.74, 6) is 0.540. The van der Waals surface area contributed by atoms with Gasteiger partial charge in [-0.25, -0.2) is 0 Å². The first kappa shape index (κ1) is 10.1. The van der Waals surface area contributed by atoms with Gasteiger partial charge in [-0.1, -0.05) is 13.8 Å². The molecule has 4 heteroatoms. The zero-order valence-electron chi connectivity index (χ0n) is 8.37. The topological polar surface area (TPSA) is 63.8 Å². The van der Waals surface area contributed by atoms with Crippen molar-refractivity contribution in [3.8, 4) is 0 Å². The molecule has 1 rings (SSSR count). The first-order valence-electron chi connectivity index (χ1n) is 4.52. The first-order chi connectivity index (χ1) is 6.00. The summed E-state index contributed by atoms with van der Waals surface area (Å²) in [6.45, 7) is 4.22. The van der Waals surface area contributed by atoms with Gasteiger partial charge in [0.15, 0.2) is 0 Å². The molecular formula is C9H17N3O. The molecule has 0 aromatic carbocycles. The van der Waals surface area contributed by atoms with Gasteiger partial charge in [0.1, 0.15) is 0 Å². The number of nitrogens with two attached hydrogens (primary N) is 1. The summed E-state index contributed by atoms with van der Waals surface area (Å²) in [6, 6.07) is 1.50. The van der Waals surface area contributed by atoms with E-state index in [4.69, 9.17) is 5.73 Å². The summed E-state index contributed by atoms with van der Waals surface area (Å²) in [7, 11) is 1.69. The Bertz CT molecular complexity index is 324. The molecule has 0 radical (unpaired) electrons. The molecule has 0 saturated heterocycles. The van der Waals surface area contributed by atoms with E-state index >= 15 is 0 Å². The Morgan fingerprint density at radius 2 is 2.23 bits per heavy atom. The van der Waals surface area contributed by atoms with Crippen molar-refractivity contribution in [3.63, 3.8) is 0 Å². The molecule has 1 atom stereocenters. The fraction of sp³-hybridized carbons (Fsp3) is 0.667. The summed E-state index contributed by atoms with van der Waals surface area (Å²) in [5, 5.41) is 2.93. The van der Waals surface area contributed by atoms with Crippen molar-refractivity contribution in [3.05, 3.63) is 22.1 Å². The van der Waals surface area contributed by atoms with E-state index in [1.54, 1.807) is 13.1 Å². The molecule has 3 N–H and O–H groups in total. The molecule has 0 aliphatic rings. The first-order valence-corrected chi connectivity index (χ1v) is 4.52. The van der Waals surface area contributed by atoms with Crippen molar-refractivity contribution in [2.45, 2.75) is 26.3 Å². The number of rotatable bonds is 3. The maximum absolute atomic E-state index is 11.1. The molecule has 0 spiro atoms. The van der Waals surface area contributed by atoms with Gasteiger partial charge in [0, 0.05) is 19.2 Å². The predicted octanol–water partition coefficient (Wildman–Crippen LogP) is 0.759. The highest BCUT2D eigenvalue weighted by molar-refractivity contribution is 5.04. The molecule has 4 nitrogen and oxygen atoms in total. The monoisotopic (exact) mass is 183 g/mol. The number of aromatic amines is 1. The van der Waals surface area contributed by atoms with Gasteiger partial charge in [0.25, 0.3) is 5.56 Å². The lowest BCUT2D eigenvalue weighted by Crippen LogP contribution is -2.13. The number of nitrogens with one attached hydrogen (secondary N) is 1. The molecule has 1 aromatic rings. The molecule has 74 valence electrons. The van der Waals surface area contributed by atoms with Crippen LogP contribution in [0, 0.1) is 5.92 Å². The van der Waals surface area contributed by atoms with Crippen LogP contribution in [0.1, 0.15) is 32.0 Å². The van der Waals surface area contributed by atoms with Crippen LogP contribution in [0.15, 0.2) is 10.9 Å². The van der Waals surface area contributed by atoms with Gasteiger partial charge in [-0.05, 0) is 12.3 Å². The lowest BCUT2D eigenvalue weighted by Gasteiger charge is -2.11. The van der Waals surface area contributed by atoms with Gasteiger partial charge in [-0.2, -0.15) is 0 Å². The average Bonchev–Trinajstić information content (AvgIpc) is 2.31. The molecule has 0 amide bonds. The number of hydrogen-bond acceptors (Lipinski definition) is 2. The van der Waals surface area contributed by atoms with E-state index in [0.717, 1.165) is 12.1 Å². The summed E-state index contributed by atoms with van der Waals surface area (Å²) >= 11 is 0. The molecule has 0 bridgehead atoms. The molecule has 1 aromatic heterocycles. The van der Waals surface area contributed by atoms with Gasteiger partial charge >= 0.3 is 0 Å². The second-order valence-corrected chi connectivity index (χ2v) is 3.84. The van der Waals surface area contributed by atoms with Crippen LogP contribution >= 0.6 is 0 Å². The Labute approximate surface area is 77.7 Å². The Kier molecular flexibility index (Phi) is 2.93. The van der Waals surface area contributed by atoms with E-state index in [2.05, 4.69) is 18.9 Å². The Morgan fingerprint density at radius 3 is 2.62 bits per heavy atom. The number of aromatic nitrogens is 2. The highest BCUT2D eigenvalue weighted by Gasteiger charge is 2.10. The highest BCUT2D eigenvalue weighted by Crippen LogP contribution is 2.14. The van der Waals surface area contributed by atoms with Crippen LogP contribution in [0.5, 0.6) is 0 Å². The van der Waals surface area contributed by atoms with Gasteiger partial charge in [-0.15, -0.1) is 0 Å². The number of nitrogens with zero attached hydrogens (tertiary/aromatic N) is 1. The van der Waals surface area contributed by atoms with Crippen molar-refractivity contribution >= 4 is 0 Å². The van der Waals surface area contributed by atoms with E-state index in [9.17, 15) is 4.79 Å². The largest absolute Gasteiger partial charge is 0.323 e. The fourth-order valence-corrected chi connectivity index (χ4v) is 1.34. The molecule has 13 heavy (non-hydrogen) atoms. The van der Waals surface area contributed by atoms with Crippen molar-refractivity contribution in [1.29, 1.82) is 0 Å². The summed E-state index contributed by atoms with van der Waals surface area (Å²) < 4.78 is 1.44. The smallest absolute Gasteiger partial charge is 0.266 e. The van der Waals surface area contributed by atoms with Crippen LogP contribution in [0.4, 0.5) is 0 Å². The third kappa shape index (κ3) is 2.45. The van der Waals surface area contributed by atoms with Crippen molar-refractivity contribution < 1.29 is 0 Å². The van der Waals surface area contributed by atoms with Gasteiger partial charge in [0.2, 0.25) is 0 Å². The molecule has 0 aliphatic carbocycles. The normalized spacial score (nSPS) is 13.6. The SMILES string of the molecule is CC(C)CC(N)c1cc(=O)n(C)[nH]1. The fourth-order valence-electron chi connectivity index (χ4n) is 1.34. The maximum Gasteiger partial charge on any atom is 0.266 e. The van der Waals surface area contributed by atoms with E-state index in [1.807, 2.05) is 0 Å². The van der Waals surface area contributed by atoms with Crippen LogP contribution in [-0.2, 0) is 7.05 Å². The van der Waals surface area contributed by atoms with Crippen LogP contribution < -0.4 is 11.3 Å². The number of aryl methyl sites for hydroxylation is 1. The molecule has 1 unspecified atom stereocenters. The Balaban J connectivity index is 2.77. The van der Waals surface area contributed by atoms with Gasteiger partial charge in [0.05, 0.1) is 5.69 Å². The predicted molar refractivity (Wildman–Crippen MR) is 52.4 cm³/mol. The summed E-state index contributed by atoms with van der Waals surface area (Å²) in [4.78, 5) is 11.1. The summed E-state index contributed by atoms with van der Waals surface area (Å²) in [6.07, 6.45) is 0.889. The van der Waals surface area contributed by atoms with E-state index in [1.165, 1.54) is 4.68 Å². The van der Waals surface area contributed by atoms with Crippen LogP contribution in [0.2, 0.25) is 0 Å². The van der Waals surface area contributed by atoms with Crippen LogP contribution in [-0.4, -0.2) is 9.78 Å². The minimum Gasteiger partial charge on any atom is -0.323 e. The third-order valence-corrected chi connectivity index (χ3v) is 2.03. The molecule has 0 fully saturated rings. The van der Waals surface area contributed by atoms with Gasteiger partial charge < -0.3 is 5.73 Å². The number of H-pyrrole nitrogens is 1. The van der Waals surface area contributed by atoms with Gasteiger partial charge in [-0.3, -0.25) is 14.6 Å². The highest BCUT2D eigenvalue weighted by atomic mass is 16.1. The van der Waals surface area contributed by atoms with Crippen LogP contribution in [0.25, 0.3) is 0 Å². The standard InChI is InChI=1S/C9H17N3O/c1-6(2)4-7(10)8-5-9(13)12(3)11-8/h5-7,11H,4,10H2,1-3H3. The third-order valence-electron chi connectivity index (χ3n) is 2.03.